The van der Waals surface area contributed by atoms with Crippen LogP contribution >= 0.6 is 0 Å². The average molecular weight is 353 g/mol. The number of hydrogen-bond donors (Lipinski definition) is 3. The molecular formula is C18H27NO6. The van der Waals surface area contributed by atoms with E-state index in [1.165, 1.54) is 0 Å². The minimum atomic E-state index is -2.38. The summed E-state index contributed by atoms with van der Waals surface area (Å²) in [6, 6.07) is 9.49. The van der Waals surface area contributed by atoms with E-state index < -0.39 is 30.0 Å². The maximum atomic E-state index is 11.7. The Balaban J connectivity index is 1.99. The van der Waals surface area contributed by atoms with Gasteiger partial charge in [0, 0.05) is 0 Å². The van der Waals surface area contributed by atoms with E-state index in [4.69, 9.17) is 19.9 Å². The number of carbonyl (C=O) groups excluding carboxylic acids is 1. The predicted molar refractivity (Wildman–Crippen MR) is 90.3 cm³/mol. The van der Waals surface area contributed by atoms with E-state index in [1.54, 1.807) is 0 Å². The Hall–Kier alpha value is -1.51. The fourth-order valence-corrected chi connectivity index (χ4v) is 2.54. The van der Waals surface area contributed by atoms with E-state index in [0.717, 1.165) is 5.56 Å². The summed E-state index contributed by atoms with van der Waals surface area (Å²) in [7, 11) is 0. The van der Waals surface area contributed by atoms with Crippen molar-refractivity contribution < 1.29 is 29.2 Å². The van der Waals surface area contributed by atoms with E-state index in [2.05, 4.69) is 0 Å². The zero-order valence-electron chi connectivity index (χ0n) is 14.8. The lowest BCUT2D eigenvalue weighted by Gasteiger charge is -2.29. The number of nitrogens with two attached hydrogens (primary N) is 1. The van der Waals surface area contributed by atoms with Gasteiger partial charge in [0.25, 0.3) is 11.7 Å². The monoisotopic (exact) mass is 353 g/mol. The van der Waals surface area contributed by atoms with Crippen LogP contribution in [0, 0.1) is 5.41 Å². The molecule has 1 aromatic rings. The molecule has 2 rings (SSSR count). The third kappa shape index (κ3) is 4.99. The van der Waals surface area contributed by atoms with Crippen LogP contribution in [-0.2, 0) is 25.6 Å². The van der Waals surface area contributed by atoms with Crippen molar-refractivity contribution in [2.24, 2.45) is 11.1 Å². The largest absolute Gasteiger partial charge is 0.387 e. The van der Waals surface area contributed by atoms with E-state index in [0.29, 0.717) is 6.61 Å². The lowest BCUT2D eigenvalue weighted by atomic mass is 9.97. The highest BCUT2D eigenvalue weighted by atomic mass is 16.7. The molecule has 0 bridgehead atoms. The van der Waals surface area contributed by atoms with Crippen LogP contribution in [0.3, 0.4) is 0 Å². The van der Waals surface area contributed by atoms with Crippen molar-refractivity contribution in [1.82, 2.24) is 0 Å². The van der Waals surface area contributed by atoms with E-state index in [1.807, 2.05) is 51.1 Å². The Morgan fingerprint density at radius 1 is 1.32 bits per heavy atom. The number of aliphatic hydroxyl groups is 2. The van der Waals surface area contributed by atoms with Crippen LogP contribution in [0.4, 0.5) is 0 Å². The van der Waals surface area contributed by atoms with Gasteiger partial charge in [0.15, 0.2) is 0 Å². The molecule has 4 atom stereocenters. The molecule has 1 aromatic carbocycles. The van der Waals surface area contributed by atoms with Gasteiger partial charge in [0.1, 0.15) is 18.3 Å². The van der Waals surface area contributed by atoms with Crippen LogP contribution in [0.5, 0.6) is 0 Å². The molecule has 1 amide bonds. The third-order valence-corrected chi connectivity index (χ3v) is 3.85. The molecule has 0 spiro atoms. The van der Waals surface area contributed by atoms with Crippen molar-refractivity contribution in [3.8, 4) is 0 Å². The summed E-state index contributed by atoms with van der Waals surface area (Å²) in [6.45, 7) is 6.30. The van der Waals surface area contributed by atoms with Crippen molar-refractivity contribution in [1.29, 1.82) is 0 Å². The lowest BCUT2D eigenvalue weighted by Crippen LogP contribution is -2.54. The fourth-order valence-electron chi connectivity index (χ4n) is 2.54. The van der Waals surface area contributed by atoms with Crippen LogP contribution in [0.2, 0.25) is 0 Å². The van der Waals surface area contributed by atoms with Crippen molar-refractivity contribution in [3.63, 3.8) is 0 Å². The molecule has 0 saturated carbocycles. The minimum Gasteiger partial charge on any atom is -0.387 e. The second kappa shape index (κ2) is 7.80. The van der Waals surface area contributed by atoms with Gasteiger partial charge in [-0.15, -0.1) is 0 Å². The predicted octanol–water partition coefficient (Wildman–Crippen LogP) is 0.568. The summed E-state index contributed by atoms with van der Waals surface area (Å²) >= 11 is 0. The lowest BCUT2D eigenvalue weighted by molar-refractivity contribution is -0.234. The molecule has 7 heteroatoms. The highest BCUT2D eigenvalue weighted by Gasteiger charge is 2.59. The molecule has 25 heavy (non-hydrogen) atoms. The number of amides is 1. The molecule has 4 N–H and O–H groups in total. The number of rotatable bonds is 7. The Kier molecular flexibility index (Phi) is 6.18. The van der Waals surface area contributed by atoms with Gasteiger partial charge in [0.2, 0.25) is 0 Å². The molecule has 140 valence electrons. The standard InChI is InChI=1S/C18H27NO6/c1-17(2,3)11-24-15-14(20)13(25-18(15,22)16(19)21)10-23-9-12-7-5-4-6-8-12/h4-8,13-15,20,22H,9-11H2,1-3H3,(H2,19,21)/t13-,14?,15?,18+/m1/s1. The van der Waals surface area contributed by atoms with Gasteiger partial charge in [-0.1, -0.05) is 51.1 Å². The van der Waals surface area contributed by atoms with Crippen LogP contribution in [-0.4, -0.2) is 53.4 Å². The summed E-state index contributed by atoms with van der Waals surface area (Å²) in [5, 5.41) is 20.9. The van der Waals surface area contributed by atoms with Crippen LogP contribution in [0.25, 0.3) is 0 Å². The average Bonchev–Trinajstić information content (AvgIpc) is 2.78. The molecule has 1 aliphatic rings. The summed E-state index contributed by atoms with van der Waals surface area (Å²) in [5.41, 5.74) is 6.00. The van der Waals surface area contributed by atoms with Gasteiger partial charge in [-0.05, 0) is 11.0 Å². The van der Waals surface area contributed by atoms with E-state index in [-0.39, 0.29) is 18.6 Å². The molecule has 1 fully saturated rings. The van der Waals surface area contributed by atoms with Gasteiger partial charge >= 0.3 is 0 Å². The Labute approximate surface area is 147 Å². The maximum Gasteiger partial charge on any atom is 0.280 e. The van der Waals surface area contributed by atoms with Crippen LogP contribution in [0.1, 0.15) is 26.3 Å². The molecule has 1 saturated heterocycles. The molecule has 1 aliphatic heterocycles. The first-order valence-electron chi connectivity index (χ1n) is 8.25. The maximum absolute atomic E-state index is 11.7. The number of primary amides is 1. The molecule has 0 aromatic heterocycles. The molecule has 7 nitrogen and oxygen atoms in total. The van der Waals surface area contributed by atoms with Crippen molar-refractivity contribution in [2.75, 3.05) is 13.2 Å². The topological polar surface area (TPSA) is 111 Å². The second-order valence-electron chi connectivity index (χ2n) is 7.50. The molecule has 0 radical (unpaired) electrons. The fraction of sp³-hybridized carbons (Fsp3) is 0.611. The van der Waals surface area contributed by atoms with E-state index >= 15 is 0 Å². The summed E-state index contributed by atoms with van der Waals surface area (Å²) < 4.78 is 16.4. The summed E-state index contributed by atoms with van der Waals surface area (Å²) in [4.78, 5) is 11.7. The third-order valence-electron chi connectivity index (χ3n) is 3.85. The van der Waals surface area contributed by atoms with Gasteiger partial charge in [-0.3, -0.25) is 4.79 Å². The van der Waals surface area contributed by atoms with E-state index in [9.17, 15) is 15.0 Å². The Morgan fingerprint density at radius 2 is 1.96 bits per heavy atom. The van der Waals surface area contributed by atoms with Crippen molar-refractivity contribution >= 4 is 5.91 Å². The first kappa shape index (κ1) is 19.8. The number of hydrogen-bond acceptors (Lipinski definition) is 6. The van der Waals surface area contributed by atoms with Crippen LogP contribution < -0.4 is 5.73 Å². The number of benzene rings is 1. The summed E-state index contributed by atoms with van der Waals surface area (Å²) in [6.07, 6.45) is -3.43. The molecule has 1 heterocycles. The van der Waals surface area contributed by atoms with Crippen molar-refractivity contribution in [3.05, 3.63) is 35.9 Å². The quantitative estimate of drug-likeness (QED) is 0.661. The van der Waals surface area contributed by atoms with Crippen molar-refractivity contribution in [2.45, 2.75) is 51.5 Å². The van der Waals surface area contributed by atoms with Gasteiger partial charge < -0.3 is 30.2 Å². The number of carbonyl (C=O) groups is 1. The van der Waals surface area contributed by atoms with Gasteiger partial charge in [0.05, 0.1) is 19.8 Å². The van der Waals surface area contributed by atoms with Gasteiger partial charge in [-0.25, -0.2) is 0 Å². The SMILES string of the molecule is CC(C)(C)COC1C(O)[C@@H](COCc2ccccc2)O[C@]1(O)C(N)=O. The second-order valence-corrected chi connectivity index (χ2v) is 7.50. The number of aliphatic hydroxyl groups excluding tert-OH is 1. The smallest absolute Gasteiger partial charge is 0.280 e. The first-order chi connectivity index (χ1) is 11.6. The normalized spacial score (nSPS) is 29.7. The van der Waals surface area contributed by atoms with Gasteiger partial charge in [-0.2, -0.15) is 0 Å². The Morgan fingerprint density at radius 3 is 2.52 bits per heavy atom. The highest BCUT2D eigenvalue weighted by molar-refractivity contribution is 5.83. The molecule has 2 unspecified atom stereocenters. The zero-order valence-corrected chi connectivity index (χ0v) is 14.8. The minimum absolute atomic E-state index is 0.0129. The van der Waals surface area contributed by atoms with Crippen LogP contribution in [0.15, 0.2) is 30.3 Å². The first-order valence-corrected chi connectivity index (χ1v) is 8.25. The zero-order chi connectivity index (χ0) is 18.7. The Bertz CT molecular complexity index is 573. The molecule has 0 aliphatic carbocycles. The number of ether oxygens (including phenoxy) is 3. The molecular weight excluding hydrogens is 326 g/mol. The highest BCUT2D eigenvalue weighted by Crippen LogP contribution is 2.33. The summed E-state index contributed by atoms with van der Waals surface area (Å²) in [5.74, 6) is -3.48.